The number of likely N-dealkylation sites (tertiary alicyclic amines) is 1. The second-order valence-corrected chi connectivity index (χ2v) is 9.35. The lowest BCUT2D eigenvalue weighted by atomic mass is 9.83. The number of anilines is 2. The Balaban J connectivity index is 1.31. The summed E-state index contributed by atoms with van der Waals surface area (Å²) in [5, 5.41) is 5.92. The maximum absolute atomic E-state index is 13.2. The Morgan fingerprint density at radius 2 is 1.69 bits per heavy atom. The number of urea groups is 1. The summed E-state index contributed by atoms with van der Waals surface area (Å²) >= 11 is 5.88. The van der Waals surface area contributed by atoms with Gasteiger partial charge in [-0.15, -0.1) is 0 Å². The van der Waals surface area contributed by atoms with E-state index in [4.69, 9.17) is 16.3 Å². The van der Waals surface area contributed by atoms with Crippen molar-refractivity contribution >= 4 is 34.9 Å². The van der Waals surface area contributed by atoms with Crippen molar-refractivity contribution in [1.29, 1.82) is 0 Å². The number of piperidine rings is 1. The first kappa shape index (κ1) is 23.0. The molecule has 0 aliphatic carbocycles. The van der Waals surface area contributed by atoms with Gasteiger partial charge in [-0.2, -0.15) is 0 Å². The average molecular weight is 493 g/mol. The molecule has 180 valence electrons. The van der Waals surface area contributed by atoms with Gasteiger partial charge >= 0.3 is 6.03 Å². The molecule has 2 N–H and O–H groups in total. The predicted molar refractivity (Wildman–Crippen MR) is 135 cm³/mol. The summed E-state index contributed by atoms with van der Waals surface area (Å²) in [6.07, 6.45) is 0.926. The molecule has 35 heavy (non-hydrogen) atoms. The molecule has 2 atom stereocenters. The van der Waals surface area contributed by atoms with Crippen molar-refractivity contribution < 1.29 is 14.3 Å². The van der Waals surface area contributed by atoms with E-state index in [1.165, 1.54) is 0 Å². The van der Waals surface area contributed by atoms with Crippen LogP contribution in [-0.4, -0.2) is 41.6 Å². The number of nitrogens with one attached hydrogen (secondary N) is 2. The molecule has 2 bridgehead atoms. The first-order valence-corrected chi connectivity index (χ1v) is 11.8. The Labute approximate surface area is 207 Å². The molecule has 8 nitrogen and oxygen atoms in total. The highest BCUT2D eigenvalue weighted by molar-refractivity contribution is 6.30. The molecule has 2 aliphatic heterocycles. The van der Waals surface area contributed by atoms with Crippen molar-refractivity contribution in [2.75, 3.05) is 30.8 Å². The molecule has 0 saturated carbocycles. The van der Waals surface area contributed by atoms with Gasteiger partial charge in [0.15, 0.2) is 0 Å². The SMILES string of the molecule is COc1ccc(C(=O)N2C[C@H]3C[C@H](C2)c2ccc(NC(=O)Nc4ccc(Cl)cc4)c(=O)n2C3)cc1. The third kappa shape index (κ3) is 4.74. The molecule has 1 fully saturated rings. The number of aromatic nitrogens is 1. The highest BCUT2D eigenvalue weighted by Gasteiger charge is 2.37. The number of rotatable bonds is 4. The maximum atomic E-state index is 13.2. The summed E-state index contributed by atoms with van der Waals surface area (Å²) in [5.41, 5.74) is 2.06. The molecule has 0 spiro atoms. The Hall–Kier alpha value is -3.78. The average Bonchev–Trinajstić information content (AvgIpc) is 2.87. The maximum Gasteiger partial charge on any atom is 0.323 e. The number of carbonyl (C=O) groups excluding carboxylic acids is 2. The Morgan fingerprint density at radius 1 is 0.943 bits per heavy atom. The lowest BCUT2D eigenvalue weighted by molar-refractivity contribution is 0.0594. The van der Waals surface area contributed by atoms with Gasteiger partial charge in [-0.3, -0.25) is 9.59 Å². The van der Waals surface area contributed by atoms with Crippen molar-refractivity contribution in [1.82, 2.24) is 9.47 Å². The minimum atomic E-state index is -0.503. The summed E-state index contributed by atoms with van der Waals surface area (Å²) in [6, 6.07) is 16.8. The Kier molecular flexibility index (Phi) is 6.21. The van der Waals surface area contributed by atoms with E-state index in [-0.39, 0.29) is 29.0 Å². The molecule has 9 heteroatoms. The van der Waals surface area contributed by atoms with Crippen LogP contribution < -0.4 is 20.9 Å². The monoisotopic (exact) mass is 492 g/mol. The van der Waals surface area contributed by atoms with E-state index in [1.807, 2.05) is 11.0 Å². The number of halogens is 1. The standard InChI is InChI=1S/C26H25ClN4O4/c1-35-21-8-2-17(3-9-21)24(32)30-13-16-12-18(15-30)23-11-10-22(25(33)31(23)14-16)29-26(34)28-20-6-4-19(27)5-7-20/h2-11,16,18H,12-15H2,1H3,(H2,28,29,34)/t16-,18-/m1/s1. The van der Waals surface area contributed by atoms with Crippen molar-refractivity contribution in [3.8, 4) is 5.75 Å². The number of hydrogen-bond donors (Lipinski definition) is 2. The molecule has 0 radical (unpaired) electrons. The summed E-state index contributed by atoms with van der Waals surface area (Å²) in [5.74, 6) is 0.917. The lowest BCUT2D eigenvalue weighted by Crippen LogP contribution is -2.49. The number of benzene rings is 2. The smallest absolute Gasteiger partial charge is 0.323 e. The van der Waals surface area contributed by atoms with Gasteiger partial charge in [0, 0.05) is 47.5 Å². The van der Waals surface area contributed by atoms with Crippen LogP contribution in [0.15, 0.2) is 65.5 Å². The third-order valence-electron chi connectivity index (χ3n) is 6.58. The number of nitrogens with zero attached hydrogens (tertiary/aromatic N) is 2. The number of pyridine rings is 1. The molecule has 3 amide bonds. The van der Waals surface area contributed by atoms with Crippen molar-refractivity contribution in [2.45, 2.75) is 18.9 Å². The molecule has 3 heterocycles. The molecule has 2 aliphatic rings. The van der Waals surface area contributed by atoms with Gasteiger partial charge in [0.05, 0.1) is 7.11 Å². The molecular weight excluding hydrogens is 468 g/mol. The van der Waals surface area contributed by atoms with Gasteiger partial charge in [0.2, 0.25) is 0 Å². The van der Waals surface area contributed by atoms with Crippen LogP contribution in [0.25, 0.3) is 0 Å². The van der Waals surface area contributed by atoms with Gasteiger partial charge in [-0.25, -0.2) is 4.79 Å². The summed E-state index contributed by atoms with van der Waals surface area (Å²) < 4.78 is 6.92. The fourth-order valence-electron chi connectivity index (χ4n) is 4.94. The van der Waals surface area contributed by atoms with Gasteiger partial charge in [-0.1, -0.05) is 11.6 Å². The molecule has 5 rings (SSSR count). The van der Waals surface area contributed by atoms with E-state index in [9.17, 15) is 14.4 Å². The number of hydrogen-bond acceptors (Lipinski definition) is 4. The molecule has 1 saturated heterocycles. The van der Waals surface area contributed by atoms with E-state index in [1.54, 1.807) is 66.3 Å². The molecular formula is C26H25ClN4O4. The van der Waals surface area contributed by atoms with Crippen LogP contribution in [0.2, 0.25) is 5.02 Å². The van der Waals surface area contributed by atoms with Crippen molar-refractivity contribution in [3.63, 3.8) is 0 Å². The van der Waals surface area contributed by atoms with Gasteiger partial charge in [-0.05, 0) is 73.0 Å². The zero-order chi connectivity index (χ0) is 24.5. The van der Waals surface area contributed by atoms with Crippen LogP contribution >= 0.6 is 11.6 Å². The van der Waals surface area contributed by atoms with Gasteiger partial charge in [0.1, 0.15) is 11.4 Å². The molecule has 1 aromatic heterocycles. The number of amides is 3. The molecule has 0 unspecified atom stereocenters. The lowest BCUT2D eigenvalue weighted by Gasteiger charge is -2.43. The zero-order valence-corrected chi connectivity index (χ0v) is 19.9. The van der Waals surface area contributed by atoms with Crippen LogP contribution in [0.5, 0.6) is 5.75 Å². The summed E-state index contributed by atoms with van der Waals surface area (Å²) in [7, 11) is 1.59. The largest absolute Gasteiger partial charge is 0.497 e. The van der Waals surface area contributed by atoms with Gasteiger partial charge < -0.3 is 24.8 Å². The van der Waals surface area contributed by atoms with Crippen LogP contribution in [0.1, 0.15) is 28.4 Å². The second kappa shape index (κ2) is 9.46. The fraction of sp³-hybridized carbons (Fsp3) is 0.269. The first-order valence-electron chi connectivity index (χ1n) is 11.4. The van der Waals surface area contributed by atoms with Crippen LogP contribution in [0.4, 0.5) is 16.2 Å². The number of fused-ring (bicyclic) bond motifs is 4. The quantitative estimate of drug-likeness (QED) is 0.564. The normalized spacial score (nSPS) is 18.4. The van der Waals surface area contributed by atoms with E-state index < -0.39 is 6.03 Å². The predicted octanol–water partition coefficient (Wildman–Crippen LogP) is 4.41. The minimum Gasteiger partial charge on any atom is -0.497 e. The van der Waals surface area contributed by atoms with Crippen molar-refractivity contribution in [3.05, 3.63) is 87.3 Å². The van der Waals surface area contributed by atoms with Gasteiger partial charge in [0.25, 0.3) is 11.5 Å². The molecule has 2 aromatic carbocycles. The van der Waals surface area contributed by atoms with Crippen LogP contribution in [0.3, 0.4) is 0 Å². The number of methoxy groups -OCH3 is 1. The zero-order valence-electron chi connectivity index (χ0n) is 19.2. The van der Waals surface area contributed by atoms with E-state index in [0.717, 1.165) is 12.1 Å². The topological polar surface area (TPSA) is 92.7 Å². The Bertz CT molecular complexity index is 1320. The van der Waals surface area contributed by atoms with E-state index in [0.29, 0.717) is 41.7 Å². The highest BCUT2D eigenvalue weighted by atomic mass is 35.5. The fourth-order valence-corrected chi connectivity index (χ4v) is 5.07. The summed E-state index contributed by atoms with van der Waals surface area (Å²) in [4.78, 5) is 40.6. The van der Waals surface area contributed by atoms with Crippen molar-refractivity contribution in [2.24, 2.45) is 5.92 Å². The highest BCUT2D eigenvalue weighted by Crippen LogP contribution is 2.36. The first-order chi connectivity index (χ1) is 16.9. The summed E-state index contributed by atoms with van der Waals surface area (Å²) in [6.45, 7) is 1.64. The van der Waals surface area contributed by atoms with E-state index >= 15 is 0 Å². The minimum absolute atomic E-state index is 0.0182. The molecule has 3 aromatic rings. The Morgan fingerprint density at radius 3 is 2.40 bits per heavy atom. The second-order valence-electron chi connectivity index (χ2n) is 8.91. The van der Waals surface area contributed by atoms with E-state index in [2.05, 4.69) is 10.6 Å². The van der Waals surface area contributed by atoms with Crippen LogP contribution in [0, 0.1) is 5.92 Å². The third-order valence-corrected chi connectivity index (χ3v) is 6.83. The number of ether oxygens (including phenoxy) is 1. The van der Waals surface area contributed by atoms with Crippen LogP contribution in [-0.2, 0) is 6.54 Å². The number of carbonyl (C=O) groups is 2.